The first-order valence-electron chi connectivity index (χ1n) is 6.64. The van der Waals surface area contributed by atoms with Crippen molar-refractivity contribution in [2.75, 3.05) is 47.8 Å². The van der Waals surface area contributed by atoms with Gasteiger partial charge >= 0.3 is 0 Å². The molecule has 1 rings (SSSR count). The highest BCUT2D eigenvalue weighted by Gasteiger charge is 2.24. The molecule has 2 unspecified atom stereocenters. The summed E-state index contributed by atoms with van der Waals surface area (Å²) in [7, 11) is 8.66. The zero-order valence-electron chi connectivity index (χ0n) is 11.5. The van der Waals surface area contributed by atoms with E-state index in [1.165, 1.54) is 38.8 Å². The third-order valence-corrected chi connectivity index (χ3v) is 3.75. The number of rotatable bonds is 6. The first-order chi connectivity index (χ1) is 7.63. The van der Waals surface area contributed by atoms with Gasteiger partial charge in [-0.05, 0) is 47.0 Å². The Morgan fingerprint density at radius 1 is 1.06 bits per heavy atom. The maximum absolute atomic E-state index is 3.49. The van der Waals surface area contributed by atoms with E-state index in [1.54, 1.807) is 0 Å². The zero-order valence-corrected chi connectivity index (χ0v) is 11.5. The van der Waals surface area contributed by atoms with Gasteiger partial charge in [-0.2, -0.15) is 0 Å². The van der Waals surface area contributed by atoms with Crippen LogP contribution in [0.4, 0.5) is 0 Å². The van der Waals surface area contributed by atoms with Gasteiger partial charge < -0.3 is 15.1 Å². The highest BCUT2D eigenvalue weighted by atomic mass is 15.2. The molecule has 96 valence electrons. The summed E-state index contributed by atoms with van der Waals surface area (Å²) in [5.41, 5.74) is 0. The molecule has 2 atom stereocenters. The van der Waals surface area contributed by atoms with Gasteiger partial charge in [-0.3, -0.25) is 0 Å². The number of hydrogen-bond donors (Lipinski definition) is 1. The number of hydrogen-bond acceptors (Lipinski definition) is 3. The van der Waals surface area contributed by atoms with Crippen LogP contribution in [0.25, 0.3) is 0 Å². The summed E-state index contributed by atoms with van der Waals surface area (Å²) in [4.78, 5) is 4.74. The molecular formula is C13H29N3. The lowest BCUT2D eigenvalue weighted by molar-refractivity contribution is 0.185. The third kappa shape index (κ3) is 4.81. The van der Waals surface area contributed by atoms with E-state index in [0.29, 0.717) is 0 Å². The van der Waals surface area contributed by atoms with E-state index >= 15 is 0 Å². The molecule has 0 bridgehead atoms. The molecule has 1 aliphatic rings. The average molecular weight is 227 g/mol. The molecule has 1 fully saturated rings. The Morgan fingerprint density at radius 2 is 1.75 bits per heavy atom. The van der Waals surface area contributed by atoms with E-state index < -0.39 is 0 Å². The predicted molar refractivity (Wildman–Crippen MR) is 70.9 cm³/mol. The van der Waals surface area contributed by atoms with Crippen molar-refractivity contribution in [1.29, 1.82) is 0 Å². The number of likely N-dealkylation sites (N-methyl/N-ethyl adjacent to an activating group) is 2. The van der Waals surface area contributed by atoms with Crippen LogP contribution < -0.4 is 5.32 Å². The quantitative estimate of drug-likeness (QED) is 0.737. The van der Waals surface area contributed by atoms with Gasteiger partial charge in [0.1, 0.15) is 0 Å². The number of nitrogens with zero attached hydrogens (tertiary/aromatic N) is 2. The second kappa shape index (κ2) is 7.25. The molecule has 3 nitrogen and oxygen atoms in total. The standard InChI is InChI=1S/C13H29N3/c1-14-13-8-6-5-7-12(13)11-16(4)10-9-15(2)3/h12-14H,5-11H2,1-4H3. The van der Waals surface area contributed by atoms with Crippen molar-refractivity contribution in [3.05, 3.63) is 0 Å². The van der Waals surface area contributed by atoms with Crippen LogP contribution in [0, 0.1) is 5.92 Å². The molecule has 1 aliphatic carbocycles. The van der Waals surface area contributed by atoms with E-state index in [9.17, 15) is 0 Å². The summed E-state index contributed by atoms with van der Waals surface area (Å²) in [5.74, 6) is 0.853. The maximum atomic E-state index is 3.49. The minimum Gasteiger partial charge on any atom is -0.317 e. The van der Waals surface area contributed by atoms with Crippen molar-refractivity contribution in [2.45, 2.75) is 31.7 Å². The van der Waals surface area contributed by atoms with Crippen molar-refractivity contribution in [1.82, 2.24) is 15.1 Å². The minimum atomic E-state index is 0.746. The van der Waals surface area contributed by atoms with Crippen molar-refractivity contribution in [3.63, 3.8) is 0 Å². The third-order valence-electron chi connectivity index (χ3n) is 3.75. The highest BCUT2D eigenvalue weighted by molar-refractivity contribution is 4.81. The van der Waals surface area contributed by atoms with Gasteiger partial charge in [0.05, 0.1) is 0 Å². The molecule has 0 saturated heterocycles. The largest absolute Gasteiger partial charge is 0.317 e. The summed E-state index contributed by atoms with van der Waals surface area (Å²) in [6, 6.07) is 0.746. The van der Waals surface area contributed by atoms with E-state index in [2.05, 4.69) is 43.3 Å². The summed E-state index contributed by atoms with van der Waals surface area (Å²) in [6.07, 6.45) is 5.59. The zero-order chi connectivity index (χ0) is 12.0. The van der Waals surface area contributed by atoms with Gasteiger partial charge in [0.2, 0.25) is 0 Å². The molecule has 3 heteroatoms. The van der Waals surface area contributed by atoms with E-state index in [0.717, 1.165) is 18.5 Å². The lowest BCUT2D eigenvalue weighted by atomic mass is 9.84. The SMILES string of the molecule is CNC1CCCCC1CN(C)CCN(C)C. The molecule has 0 amide bonds. The lowest BCUT2D eigenvalue weighted by Crippen LogP contribution is -2.43. The molecule has 0 aliphatic heterocycles. The normalized spacial score (nSPS) is 26.6. The predicted octanol–water partition coefficient (Wildman–Crippen LogP) is 1.26. The van der Waals surface area contributed by atoms with Gasteiger partial charge in [-0.15, -0.1) is 0 Å². The Balaban J connectivity index is 2.27. The van der Waals surface area contributed by atoms with Crippen LogP contribution in [0.1, 0.15) is 25.7 Å². The molecule has 0 aromatic rings. The Hall–Kier alpha value is -0.120. The number of nitrogens with one attached hydrogen (secondary N) is 1. The van der Waals surface area contributed by atoms with E-state index in [1.807, 2.05) is 0 Å². The Bertz CT molecular complexity index is 182. The van der Waals surface area contributed by atoms with Crippen LogP contribution >= 0.6 is 0 Å². The molecule has 0 radical (unpaired) electrons. The van der Waals surface area contributed by atoms with Crippen LogP contribution in [0.5, 0.6) is 0 Å². The summed E-state index contributed by atoms with van der Waals surface area (Å²) in [6.45, 7) is 3.59. The smallest absolute Gasteiger partial charge is 0.0106 e. The minimum absolute atomic E-state index is 0.746. The van der Waals surface area contributed by atoms with Crippen LogP contribution in [-0.4, -0.2) is 63.7 Å². The van der Waals surface area contributed by atoms with Gasteiger partial charge in [0, 0.05) is 25.7 Å². The fourth-order valence-corrected chi connectivity index (χ4v) is 2.67. The fraction of sp³-hybridized carbons (Fsp3) is 1.00. The van der Waals surface area contributed by atoms with Crippen LogP contribution in [-0.2, 0) is 0 Å². The van der Waals surface area contributed by atoms with Gasteiger partial charge in [-0.25, -0.2) is 0 Å². The Labute approximate surface area is 101 Å². The van der Waals surface area contributed by atoms with Gasteiger partial charge in [0.15, 0.2) is 0 Å². The van der Waals surface area contributed by atoms with Crippen LogP contribution in [0.15, 0.2) is 0 Å². The van der Waals surface area contributed by atoms with Gasteiger partial charge in [0.25, 0.3) is 0 Å². The van der Waals surface area contributed by atoms with E-state index in [-0.39, 0.29) is 0 Å². The van der Waals surface area contributed by atoms with E-state index in [4.69, 9.17) is 0 Å². The fourth-order valence-electron chi connectivity index (χ4n) is 2.67. The Kier molecular flexibility index (Phi) is 6.32. The molecule has 16 heavy (non-hydrogen) atoms. The monoisotopic (exact) mass is 227 g/mol. The topological polar surface area (TPSA) is 18.5 Å². The second-order valence-electron chi connectivity index (χ2n) is 5.51. The molecule has 0 aromatic heterocycles. The molecule has 0 heterocycles. The summed E-state index contributed by atoms with van der Waals surface area (Å²) < 4.78 is 0. The molecule has 1 N–H and O–H groups in total. The molecule has 0 spiro atoms. The first kappa shape index (κ1) is 13.9. The Morgan fingerprint density at radius 3 is 2.38 bits per heavy atom. The summed E-state index contributed by atoms with van der Waals surface area (Å²) in [5, 5.41) is 3.49. The van der Waals surface area contributed by atoms with Gasteiger partial charge in [-0.1, -0.05) is 12.8 Å². The van der Waals surface area contributed by atoms with Crippen LogP contribution in [0.2, 0.25) is 0 Å². The lowest BCUT2D eigenvalue weighted by Gasteiger charge is -2.34. The maximum Gasteiger partial charge on any atom is 0.0106 e. The van der Waals surface area contributed by atoms with Crippen molar-refractivity contribution >= 4 is 0 Å². The molecule has 1 saturated carbocycles. The van der Waals surface area contributed by atoms with Crippen LogP contribution in [0.3, 0.4) is 0 Å². The summed E-state index contributed by atoms with van der Waals surface area (Å²) >= 11 is 0. The van der Waals surface area contributed by atoms with Crippen molar-refractivity contribution < 1.29 is 0 Å². The highest BCUT2D eigenvalue weighted by Crippen LogP contribution is 2.24. The van der Waals surface area contributed by atoms with Crippen molar-refractivity contribution in [3.8, 4) is 0 Å². The average Bonchev–Trinajstić information content (AvgIpc) is 2.27. The second-order valence-corrected chi connectivity index (χ2v) is 5.51. The molecule has 0 aromatic carbocycles. The van der Waals surface area contributed by atoms with Crippen molar-refractivity contribution in [2.24, 2.45) is 5.92 Å². The molecular weight excluding hydrogens is 198 g/mol. The first-order valence-corrected chi connectivity index (χ1v) is 6.64.